The van der Waals surface area contributed by atoms with E-state index in [1.54, 1.807) is 17.5 Å². The maximum Gasteiger partial charge on any atom is 0.255 e. The molecule has 0 atom stereocenters. The fourth-order valence-electron chi connectivity index (χ4n) is 2.54. The van der Waals surface area contributed by atoms with Crippen LogP contribution in [0.1, 0.15) is 15.9 Å². The van der Waals surface area contributed by atoms with Gasteiger partial charge >= 0.3 is 0 Å². The summed E-state index contributed by atoms with van der Waals surface area (Å²) in [6, 6.07) is 15.3. The zero-order chi connectivity index (χ0) is 18.5. The SMILES string of the molecule is O=C(Nc1ccc(-c2nccs2)cc1)c1ccccc1CSc1ncn[nH]1. The number of amides is 1. The van der Waals surface area contributed by atoms with Gasteiger partial charge < -0.3 is 5.32 Å². The second-order valence-electron chi connectivity index (χ2n) is 5.61. The smallest absolute Gasteiger partial charge is 0.255 e. The lowest BCUT2D eigenvalue weighted by molar-refractivity contribution is 0.102. The first-order valence-electron chi connectivity index (χ1n) is 8.17. The van der Waals surface area contributed by atoms with Crippen LogP contribution in [0.5, 0.6) is 0 Å². The molecule has 0 saturated carbocycles. The number of carbonyl (C=O) groups excluding carboxylic acids is 1. The Morgan fingerprint density at radius 1 is 1.11 bits per heavy atom. The summed E-state index contributed by atoms with van der Waals surface area (Å²) in [6.45, 7) is 0. The molecule has 0 bridgehead atoms. The van der Waals surface area contributed by atoms with Gasteiger partial charge in [-0.05, 0) is 35.9 Å². The highest BCUT2D eigenvalue weighted by molar-refractivity contribution is 7.98. The van der Waals surface area contributed by atoms with Crippen molar-refractivity contribution in [2.24, 2.45) is 0 Å². The van der Waals surface area contributed by atoms with E-state index in [4.69, 9.17) is 0 Å². The number of thioether (sulfide) groups is 1. The molecule has 0 unspecified atom stereocenters. The second kappa shape index (κ2) is 8.15. The number of thiazole rings is 1. The Kier molecular flexibility index (Phi) is 5.27. The van der Waals surface area contributed by atoms with Crippen molar-refractivity contribution in [1.82, 2.24) is 20.2 Å². The molecule has 134 valence electrons. The van der Waals surface area contributed by atoms with Gasteiger partial charge in [-0.25, -0.2) is 9.97 Å². The first-order chi connectivity index (χ1) is 13.3. The molecule has 2 aromatic heterocycles. The number of rotatable bonds is 6. The van der Waals surface area contributed by atoms with Crippen LogP contribution in [0.2, 0.25) is 0 Å². The molecule has 2 aromatic carbocycles. The van der Waals surface area contributed by atoms with Crippen molar-refractivity contribution in [2.45, 2.75) is 10.9 Å². The van der Waals surface area contributed by atoms with Gasteiger partial charge in [0.2, 0.25) is 0 Å². The Hall–Kier alpha value is -2.97. The number of nitrogens with zero attached hydrogens (tertiary/aromatic N) is 3. The summed E-state index contributed by atoms with van der Waals surface area (Å²) in [7, 11) is 0. The molecule has 0 aliphatic carbocycles. The lowest BCUT2D eigenvalue weighted by Crippen LogP contribution is -2.14. The third-order valence-corrected chi connectivity index (χ3v) is 5.59. The van der Waals surface area contributed by atoms with E-state index in [9.17, 15) is 4.79 Å². The summed E-state index contributed by atoms with van der Waals surface area (Å²) >= 11 is 3.09. The Labute approximate surface area is 164 Å². The summed E-state index contributed by atoms with van der Waals surface area (Å²) in [5, 5.41) is 13.2. The first kappa shape index (κ1) is 17.4. The Morgan fingerprint density at radius 2 is 1.96 bits per heavy atom. The predicted molar refractivity (Wildman–Crippen MR) is 108 cm³/mol. The normalized spacial score (nSPS) is 10.7. The summed E-state index contributed by atoms with van der Waals surface area (Å²) in [4.78, 5) is 21.1. The predicted octanol–water partition coefficient (Wildman–Crippen LogP) is 4.47. The van der Waals surface area contributed by atoms with Crippen LogP contribution >= 0.6 is 23.1 Å². The third-order valence-electron chi connectivity index (χ3n) is 3.84. The van der Waals surface area contributed by atoms with Crippen LogP contribution in [-0.4, -0.2) is 26.1 Å². The Balaban J connectivity index is 1.46. The van der Waals surface area contributed by atoms with E-state index in [2.05, 4.69) is 25.5 Å². The van der Waals surface area contributed by atoms with Crippen LogP contribution < -0.4 is 5.32 Å². The molecule has 8 heteroatoms. The van der Waals surface area contributed by atoms with Crippen molar-refractivity contribution < 1.29 is 4.79 Å². The number of benzene rings is 2. The molecule has 0 aliphatic heterocycles. The summed E-state index contributed by atoms with van der Waals surface area (Å²) in [6.07, 6.45) is 3.25. The highest BCUT2D eigenvalue weighted by Crippen LogP contribution is 2.25. The molecule has 6 nitrogen and oxygen atoms in total. The van der Waals surface area contributed by atoms with Gasteiger partial charge in [0.05, 0.1) is 0 Å². The van der Waals surface area contributed by atoms with Crippen molar-refractivity contribution in [3.8, 4) is 10.6 Å². The number of nitrogens with one attached hydrogen (secondary N) is 2. The number of hydrogen-bond acceptors (Lipinski definition) is 6. The molecule has 2 heterocycles. The van der Waals surface area contributed by atoms with Crippen LogP contribution in [-0.2, 0) is 5.75 Å². The summed E-state index contributed by atoms with van der Waals surface area (Å²) in [5.74, 6) is 0.493. The van der Waals surface area contributed by atoms with Gasteiger partial charge in [0.15, 0.2) is 5.16 Å². The quantitative estimate of drug-likeness (QED) is 0.472. The summed E-state index contributed by atoms with van der Waals surface area (Å²) < 4.78 is 0. The number of hydrogen-bond donors (Lipinski definition) is 2. The van der Waals surface area contributed by atoms with E-state index >= 15 is 0 Å². The zero-order valence-corrected chi connectivity index (χ0v) is 15.8. The first-order valence-corrected chi connectivity index (χ1v) is 10.0. The topological polar surface area (TPSA) is 83.6 Å². The van der Waals surface area contributed by atoms with Crippen LogP contribution in [0.3, 0.4) is 0 Å². The highest BCUT2D eigenvalue weighted by atomic mass is 32.2. The van der Waals surface area contributed by atoms with Gasteiger partial charge in [0, 0.05) is 34.1 Å². The van der Waals surface area contributed by atoms with Gasteiger partial charge in [-0.2, -0.15) is 5.10 Å². The third kappa shape index (κ3) is 4.24. The lowest BCUT2D eigenvalue weighted by Gasteiger charge is -2.10. The number of H-pyrrole nitrogens is 1. The zero-order valence-electron chi connectivity index (χ0n) is 14.1. The molecule has 0 fully saturated rings. The van der Waals surface area contributed by atoms with Gasteiger partial charge in [-0.1, -0.05) is 30.0 Å². The van der Waals surface area contributed by atoms with Gasteiger partial charge in [-0.3, -0.25) is 9.89 Å². The number of carbonyl (C=O) groups is 1. The van der Waals surface area contributed by atoms with E-state index in [0.717, 1.165) is 27.0 Å². The molecule has 0 saturated heterocycles. The molecule has 4 aromatic rings. The van der Waals surface area contributed by atoms with Crippen molar-refractivity contribution in [2.75, 3.05) is 5.32 Å². The average Bonchev–Trinajstić information content (AvgIpc) is 3.41. The van der Waals surface area contributed by atoms with E-state index < -0.39 is 0 Å². The number of anilines is 1. The largest absolute Gasteiger partial charge is 0.322 e. The molecule has 27 heavy (non-hydrogen) atoms. The van der Waals surface area contributed by atoms with E-state index in [1.165, 1.54) is 18.1 Å². The standard InChI is InChI=1S/C19H15N5OS2/c25-17(23-15-7-5-13(6-8-15)18-20-9-10-26-18)16-4-2-1-3-14(16)11-27-19-21-12-22-24-19/h1-10,12H,11H2,(H,23,25)(H,21,22,24). The van der Waals surface area contributed by atoms with E-state index in [0.29, 0.717) is 11.3 Å². The Bertz CT molecular complexity index is 1010. The number of aromatic nitrogens is 4. The molecule has 4 rings (SSSR count). The minimum absolute atomic E-state index is 0.134. The van der Waals surface area contributed by atoms with Gasteiger partial charge in [0.1, 0.15) is 11.3 Å². The second-order valence-corrected chi connectivity index (χ2v) is 7.46. The fraction of sp³-hybridized carbons (Fsp3) is 0.0526. The van der Waals surface area contributed by atoms with Crippen molar-refractivity contribution in [3.63, 3.8) is 0 Å². The maximum atomic E-state index is 12.7. The van der Waals surface area contributed by atoms with Crippen LogP contribution in [0.4, 0.5) is 5.69 Å². The minimum atomic E-state index is -0.134. The van der Waals surface area contributed by atoms with Crippen molar-refractivity contribution in [3.05, 3.63) is 77.6 Å². The van der Waals surface area contributed by atoms with E-state index in [1.807, 2.05) is 53.9 Å². The monoisotopic (exact) mass is 393 g/mol. The van der Waals surface area contributed by atoms with Crippen molar-refractivity contribution >= 4 is 34.7 Å². The van der Waals surface area contributed by atoms with Crippen LogP contribution in [0, 0.1) is 0 Å². The lowest BCUT2D eigenvalue weighted by atomic mass is 10.1. The molecular weight excluding hydrogens is 378 g/mol. The highest BCUT2D eigenvalue weighted by Gasteiger charge is 2.12. The number of aromatic amines is 1. The van der Waals surface area contributed by atoms with Gasteiger partial charge in [0.25, 0.3) is 5.91 Å². The van der Waals surface area contributed by atoms with Crippen LogP contribution in [0.15, 0.2) is 71.6 Å². The van der Waals surface area contributed by atoms with E-state index in [-0.39, 0.29) is 5.91 Å². The molecule has 1 amide bonds. The van der Waals surface area contributed by atoms with Crippen LogP contribution in [0.25, 0.3) is 10.6 Å². The maximum absolute atomic E-state index is 12.7. The van der Waals surface area contributed by atoms with Crippen molar-refractivity contribution in [1.29, 1.82) is 0 Å². The van der Waals surface area contributed by atoms with Gasteiger partial charge in [-0.15, -0.1) is 11.3 Å². The fourth-order valence-corrected chi connectivity index (χ4v) is 3.97. The molecule has 0 spiro atoms. The molecule has 2 N–H and O–H groups in total. The molecule has 0 aliphatic rings. The summed E-state index contributed by atoms with van der Waals surface area (Å²) in [5.41, 5.74) is 3.37. The molecule has 0 radical (unpaired) electrons. The molecular formula is C19H15N5OS2. The average molecular weight is 393 g/mol. The Morgan fingerprint density at radius 3 is 2.70 bits per heavy atom. The minimum Gasteiger partial charge on any atom is -0.322 e.